The van der Waals surface area contributed by atoms with Gasteiger partial charge in [-0.15, -0.1) is 0 Å². The zero-order valence-electron chi connectivity index (χ0n) is 16.8. The summed E-state index contributed by atoms with van der Waals surface area (Å²) in [7, 11) is 0. The van der Waals surface area contributed by atoms with E-state index in [1.807, 2.05) is 12.1 Å². The molecule has 1 N–H and O–H groups in total. The molecule has 1 aromatic carbocycles. The maximum atomic E-state index is 12.4. The van der Waals surface area contributed by atoms with Crippen molar-refractivity contribution >= 4 is 5.91 Å². The Morgan fingerprint density at radius 3 is 2.59 bits per heavy atom. The number of hydrogen-bond acceptors (Lipinski definition) is 5. The molecule has 2 heterocycles. The minimum Gasteiger partial charge on any atom is -0.355 e. The van der Waals surface area contributed by atoms with E-state index in [2.05, 4.69) is 54.0 Å². The van der Waals surface area contributed by atoms with E-state index in [0.717, 1.165) is 38.3 Å². The van der Waals surface area contributed by atoms with Crippen molar-refractivity contribution in [1.82, 2.24) is 20.3 Å². The van der Waals surface area contributed by atoms with Crippen LogP contribution in [0.2, 0.25) is 0 Å². The highest BCUT2D eigenvalue weighted by Gasteiger charge is 2.21. The second-order valence-electron chi connectivity index (χ2n) is 7.40. The fourth-order valence-corrected chi connectivity index (χ4v) is 3.39. The third-order valence-corrected chi connectivity index (χ3v) is 5.57. The maximum Gasteiger partial charge on any atom is 0.273 e. The Kier molecular flexibility index (Phi) is 6.29. The topological polar surface area (TPSA) is 61.6 Å². The molecule has 146 valence electrons. The summed E-state index contributed by atoms with van der Waals surface area (Å²) < 4.78 is 5.39. The van der Waals surface area contributed by atoms with Crippen LogP contribution in [0.15, 0.2) is 28.8 Å². The number of aromatic nitrogens is 1. The van der Waals surface area contributed by atoms with Gasteiger partial charge in [0.25, 0.3) is 5.91 Å². The molecule has 0 spiro atoms. The molecule has 1 aliphatic heterocycles. The molecule has 27 heavy (non-hydrogen) atoms. The van der Waals surface area contributed by atoms with E-state index in [4.69, 9.17) is 4.52 Å². The maximum absolute atomic E-state index is 12.4. The van der Waals surface area contributed by atoms with Crippen molar-refractivity contribution in [3.63, 3.8) is 0 Å². The van der Waals surface area contributed by atoms with Crippen LogP contribution in [0, 0.1) is 13.8 Å². The Labute approximate surface area is 161 Å². The smallest absolute Gasteiger partial charge is 0.273 e. The predicted octanol–water partition coefficient (Wildman–Crippen LogP) is 2.71. The van der Waals surface area contributed by atoms with Crippen LogP contribution in [0.4, 0.5) is 0 Å². The summed E-state index contributed by atoms with van der Waals surface area (Å²) in [5, 5.41) is 6.94. The first kappa shape index (κ1) is 19.6. The number of carbonyl (C=O) groups excluding carboxylic acids is 1. The molecule has 6 nitrogen and oxygen atoms in total. The van der Waals surface area contributed by atoms with Gasteiger partial charge in [-0.3, -0.25) is 9.69 Å². The van der Waals surface area contributed by atoms with E-state index >= 15 is 0 Å². The number of hydrogen-bond donors (Lipinski definition) is 1. The number of rotatable bonds is 6. The molecule has 0 bridgehead atoms. The molecule has 1 aliphatic rings. The van der Waals surface area contributed by atoms with Gasteiger partial charge in [0.2, 0.25) is 0 Å². The highest BCUT2D eigenvalue weighted by Crippen LogP contribution is 2.23. The van der Waals surface area contributed by atoms with Crippen LogP contribution >= 0.6 is 0 Å². The number of nitrogens with one attached hydrogen (secondary N) is 1. The number of nitrogens with zero attached hydrogens (tertiary/aromatic N) is 3. The van der Waals surface area contributed by atoms with Crippen molar-refractivity contribution in [3.8, 4) is 11.3 Å². The number of amides is 1. The van der Waals surface area contributed by atoms with Crippen LogP contribution in [-0.4, -0.2) is 66.2 Å². The van der Waals surface area contributed by atoms with Gasteiger partial charge in [-0.05, 0) is 44.5 Å². The summed E-state index contributed by atoms with van der Waals surface area (Å²) in [4.78, 5) is 17.3. The van der Waals surface area contributed by atoms with E-state index in [0.29, 0.717) is 24.0 Å². The monoisotopic (exact) mass is 370 g/mol. The molecule has 0 unspecified atom stereocenters. The van der Waals surface area contributed by atoms with E-state index in [1.165, 1.54) is 11.1 Å². The second-order valence-corrected chi connectivity index (χ2v) is 7.40. The summed E-state index contributed by atoms with van der Waals surface area (Å²) in [6, 6.07) is 8.11. The Hall–Kier alpha value is -2.18. The number of aryl methyl sites for hydroxylation is 2. The quantitative estimate of drug-likeness (QED) is 0.847. The van der Waals surface area contributed by atoms with Crippen LogP contribution < -0.4 is 5.32 Å². The van der Waals surface area contributed by atoms with Crippen molar-refractivity contribution in [3.05, 3.63) is 41.1 Å². The van der Waals surface area contributed by atoms with E-state index < -0.39 is 0 Å². The van der Waals surface area contributed by atoms with Gasteiger partial charge in [-0.1, -0.05) is 24.2 Å². The van der Waals surface area contributed by atoms with Crippen LogP contribution in [-0.2, 0) is 0 Å². The summed E-state index contributed by atoms with van der Waals surface area (Å²) in [5.74, 6) is 0.430. The highest BCUT2D eigenvalue weighted by atomic mass is 16.5. The number of piperazine rings is 1. The summed E-state index contributed by atoms with van der Waals surface area (Å²) in [6.07, 6.45) is 0. The standard InChI is InChI=1S/C21H30N4O2/c1-5-24-8-10-25(11-9-24)17(4)14-22-21(26)19-13-20(27-23-19)18-7-6-15(2)16(3)12-18/h6-7,12-13,17H,5,8-11,14H2,1-4H3,(H,22,26)/t17-/m0/s1. The van der Waals surface area contributed by atoms with Gasteiger partial charge in [0.1, 0.15) is 0 Å². The van der Waals surface area contributed by atoms with Crippen LogP contribution in [0.5, 0.6) is 0 Å². The lowest BCUT2D eigenvalue weighted by Gasteiger charge is -2.37. The zero-order chi connectivity index (χ0) is 19.4. The molecule has 1 atom stereocenters. The van der Waals surface area contributed by atoms with Crippen LogP contribution in [0.3, 0.4) is 0 Å². The molecule has 1 amide bonds. The zero-order valence-corrected chi connectivity index (χ0v) is 16.8. The fourth-order valence-electron chi connectivity index (χ4n) is 3.39. The lowest BCUT2D eigenvalue weighted by molar-refractivity contribution is 0.0876. The third-order valence-electron chi connectivity index (χ3n) is 5.57. The van der Waals surface area contributed by atoms with E-state index in [9.17, 15) is 4.79 Å². The molecular weight excluding hydrogens is 340 g/mol. The SMILES string of the molecule is CCN1CCN([C@@H](C)CNC(=O)c2cc(-c3ccc(C)c(C)c3)on2)CC1. The lowest BCUT2D eigenvalue weighted by atomic mass is 10.0. The van der Waals surface area contributed by atoms with Crippen molar-refractivity contribution in [2.45, 2.75) is 33.7 Å². The Morgan fingerprint density at radius 1 is 1.19 bits per heavy atom. The normalized spacial score (nSPS) is 17.0. The lowest BCUT2D eigenvalue weighted by Crippen LogP contribution is -2.52. The molecule has 6 heteroatoms. The molecule has 1 fully saturated rings. The first-order valence-electron chi connectivity index (χ1n) is 9.77. The summed E-state index contributed by atoms with van der Waals surface area (Å²) >= 11 is 0. The number of likely N-dealkylation sites (N-methyl/N-ethyl adjacent to an activating group) is 1. The van der Waals surface area contributed by atoms with Gasteiger partial charge < -0.3 is 14.7 Å². The number of benzene rings is 1. The third kappa shape index (κ3) is 4.76. The summed E-state index contributed by atoms with van der Waals surface area (Å²) in [5.41, 5.74) is 3.68. The van der Waals surface area contributed by atoms with Gasteiger partial charge in [0.15, 0.2) is 11.5 Å². The van der Waals surface area contributed by atoms with Gasteiger partial charge in [0.05, 0.1) is 0 Å². The first-order chi connectivity index (χ1) is 13.0. The van der Waals surface area contributed by atoms with Crippen molar-refractivity contribution in [1.29, 1.82) is 0 Å². The van der Waals surface area contributed by atoms with Crippen LogP contribution in [0.1, 0.15) is 35.5 Å². The minimum absolute atomic E-state index is 0.187. The molecule has 0 saturated carbocycles. The van der Waals surface area contributed by atoms with Crippen LogP contribution in [0.25, 0.3) is 11.3 Å². The first-order valence-corrected chi connectivity index (χ1v) is 9.77. The molecule has 2 aromatic rings. The second kappa shape index (κ2) is 8.67. The minimum atomic E-state index is -0.187. The van der Waals surface area contributed by atoms with Crippen molar-refractivity contribution < 1.29 is 9.32 Å². The highest BCUT2D eigenvalue weighted by molar-refractivity contribution is 5.93. The average molecular weight is 370 g/mol. The molecule has 1 aromatic heterocycles. The predicted molar refractivity (Wildman–Crippen MR) is 107 cm³/mol. The van der Waals surface area contributed by atoms with E-state index in [-0.39, 0.29) is 5.91 Å². The molecule has 3 rings (SSSR count). The molecule has 0 radical (unpaired) electrons. The average Bonchev–Trinajstić information content (AvgIpc) is 3.18. The van der Waals surface area contributed by atoms with Gasteiger partial charge in [-0.2, -0.15) is 0 Å². The Balaban J connectivity index is 1.54. The van der Waals surface area contributed by atoms with Gasteiger partial charge in [0, 0.05) is 50.4 Å². The van der Waals surface area contributed by atoms with Gasteiger partial charge in [-0.25, -0.2) is 0 Å². The van der Waals surface area contributed by atoms with Crippen molar-refractivity contribution in [2.75, 3.05) is 39.3 Å². The molecule has 1 saturated heterocycles. The van der Waals surface area contributed by atoms with E-state index in [1.54, 1.807) is 6.07 Å². The molecule has 0 aliphatic carbocycles. The van der Waals surface area contributed by atoms with Gasteiger partial charge >= 0.3 is 0 Å². The Morgan fingerprint density at radius 2 is 1.93 bits per heavy atom. The Bertz CT molecular complexity index is 778. The van der Waals surface area contributed by atoms with Crippen molar-refractivity contribution in [2.24, 2.45) is 0 Å². The summed E-state index contributed by atoms with van der Waals surface area (Å²) in [6.45, 7) is 14.5. The number of carbonyl (C=O) groups is 1. The largest absolute Gasteiger partial charge is 0.355 e. The fraction of sp³-hybridized carbons (Fsp3) is 0.524. The molecular formula is C21H30N4O2.